The number of nitrogens with zero attached hydrogens (tertiary/aromatic N) is 2. The first-order valence-corrected chi connectivity index (χ1v) is 11.2. The molecule has 3 rings (SSSR count). The fraction of sp³-hybridized carbons (Fsp3) is 0.273. The van der Waals surface area contributed by atoms with Crippen LogP contribution in [0.1, 0.15) is 36.2 Å². The average Bonchev–Trinajstić information content (AvgIpc) is 3.14. The summed E-state index contributed by atoms with van der Waals surface area (Å²) in [6.07, 6.45) is 2.63. The van der Waals surface area contributed by atoms with E-state index < -0.39 is 10.0 Å². The Morgan fingerprint density at radius 3 is 2.40 bits per heavy atom. The Morgan fingerprint density at radius 1 is 1.10 bits per heavy atom. The molecule has 0 aliphatic heterocycles. The lowest BCUT2D eigenvalue weighted by Crippen LogP contribution is -2.27. The van der Waals surface area contributed by atoms with Gasteiger partial charge in [0.25, 0.3) is 0 Å². The standard InChI is InChI=1S/C22H26N4O3S/c1-16(21-15-24-26(17(21)2)19-7-5-4-6-8-19)25-22(27)14-11-18-9-12-20(13-10-18)30(28,29)23-3/h4-10,12-13,15-16,23H,11,14H2,1-3H3,(H,25,27). The number of para-hydroxylation sites is 1. The zero-order valence-corrected chi connectivity index (χ0v) is 18.1. The van der Waals surface area contributed by atoms with Crippen LogP contribution in [0.15, 0.2) is 65.7 Å². The summed E-state index contributed by atoms with van der Waals surface area (Å²) in [7, 11) is -2.08. The summed E-state index contributed by atoms with van der Waals surface area (Å²) in [6, 6.07) is 16.2. The molecule has 7 nitrogen and oxygen atoms in total. The monoisotopic (exact) mass is 426 g/mol. The molecule has 0 radical (unpaired) electrons. The Morgan fingerprint density at radius 2 is 1.77 bits per heavy atom. The van der Waals surface area contributed by atoms with E-state index in [1.807, 2.05) is 48.9 Å². The average molecular weight is 427 g/mol. The van der Waals surface area contributed by atoms with Crippen molar-refractivity contribution in [3.63, 3.8) is 0 Å². The lowest BCUT2D eigenvalue weighted by molar-refractivity contribution is -0.121. The Hall–Kier alpha value is -2.97. The predicted octanol–water partition coefficient (Wildman–Crippen LogP) is 2.90. The minimum Gasteiger partial charge on any atom is -0.349 e. The highest BCUT2D eigenvalue weighted by molar-refractivity contribution is 7.89. The number of hydrogen-bond acceptors (Lipinski definition) is 4. The first-order chi connectivity index (χ1) is 14.3. The van der Waals surface area contributed by atoms with Gasteiger partial charge < -0.3 is 5.32 Å². The Bertz CT molecular complexity index is 1110. The largest absolute Gasteiger partial charge is 0.349 e. The topological polar surface area (TPSA) is 93.1 Å². The third-order valence-corrected chi connectivity index (χ3v) is 6.47. The van der Waals surface area contributed by atoms with Crippen LogP contribution >= 0.6 is 0 Å². The van der Waals surface area contributed by atoms with Crippen molar-refractivity contribution in [1.82, 2.24) is 19.8 Å². The van der Waals surface area contributed by atoms with E-state index in [9.17, 15) is 13.2 Å². The number of carbonyl (C=O) groups excluding carboxylic acids is 1. The third kappa shape index (κ3) is 4.95. The molecule has 0 saturated carbocycles. The van der Waals surface area contributed by atoms with Crippen molar-refractivity contribution in [2.75, 3.05) is 7.05 Å². The van der Waals surface area contributed by atoms with Crippen molar-refractivity contribution in [2.45, 2.75) is 37.6 Å². The van der Waals surface area contributed by atoms with Crippen LogP contribution < -0.4 is 10.0 Å². The van der Waals surface area contributed by atoms with Gasteiger partial charge in [-0.1, -0.05) is 30.3 Å². The Kier molecular flexibility index (Phi) is 6.69. The van der Waals surface area contributed by atoms with Gasteiger partial charge in [0.1, 0.15) is 0 Å². The van der Waals surface area contributed by atoms with E-state index in [2.05, 4.69) is 15.1 Å². The highest BCUT2D eigenvalue weighted by Gasteiger charge is 2.16. The van der Waals surface area contributed by atoms with E-state index in [1.165, 1.54) is 7.05 Å². The van der Waals surface area contributed by atoms with Gasteiger partial charge in [-0.3, -0.25) is 4.79 Å². The van der Waals surface area contributed by atoms with Gasteiger partial charge in [0.05, 0.1) is 22.8 Å². The zero-order chi connectivity index (χ0) is 21.7. The zero-order valence-electron chi connectivity index (χ0n) is 17.3. The molecule has 2 aromatic carbocycles. The molecule has 8 heteroatoms. The summed E-state index contributed by atoms with van der Waals surface area (Å²) in [6.45, 7) is 3.92. The lowest BCUT2D eigenvalue weighted by Gasteiger charge is -2.14. The van der Waals surface area contributed by atoms with Gasteiger partial charge >= 0.3 is 0 Å². The highest BCUT2D eigenvalue weighted by atomic mass is 32.2. The molecule has 0 fully saturated rings. The van der Waals surface area contributed by atoms with Crippen molar-refractivity contribution < 1.29 is 13.2 Å². The van der Waals surface area contributed by atoms with E-state index >= 15 is 0 Å². The number of rotatable bonds is 8. The van der Waals surface area contributed by atoms with Crippen LogP contribution in [-0.2, 0) is 21.2 Å². The Balaban J connectivity index is 1.58. The van der Waals surface area contributed by atoms with E-state index in [0.29, 0.717) is 12.8 Å². The molecule has 1 heterocycles. The number of hydrogen-bond donors (Lipinski definition) is 2. The second kappa shape index (κ2) is 9.23. The maximum Gasteiger partial charge on any atom is 0.240 e. The number of benzene rings is 2. The molecule has 2 N–H and O–H groups in total. The quantitative estimate of drug-likeness (QED) is 0.579. The molecule has 1 unspecified atom stereocenters. The van der Waals surface area contributed by atoms with Gasteiger partial charge in [-0.2, -0.15) is 5.10 Å². The summed E-state index contributed by atoms with van der Waals surface area (Å²) >= 11 is 0. The van der Waals surface area contributed by atoms with Crippen LogP contribution in [-0.4, -0.2) is 31.2 Å². The van der Waals surface area contributed by atoms with Crippen molar-refractivity contribution in [3.8, 4) is 5.69 Å². The first kappa shape index (κ1) is 21.7. The molecule has 0 saturated heterocycles. The van der Waals surface area contributed by atoms with Crippen LogP contribution in [0, 0.1) is 6.92 Å². The smallest absolute Gasteiger partial charge is 0.240 e. The predicted molar refractivity (Wildman–Crippen MR) is 116 cm³/mol. The first-order valence-electron chi connectivity index (χ1n) is 9.73. The summed E-state index contributed by atoms with van der Waals surface area (Å²) in [4.78, 5) is 12.6. The van der Waals surface area contributed by atoms with E-state index in [1.54, 1.807) is 30.5 Å². The third-order valence-electron chi connectivity index (χ3n) is 5.04. The molecule has 3 aromatic rings. The maximum absolute atomic E-state index is 12.4. The number of amides is 1. The Labute approximate surface area is 177 Å². The van der Waals surface area contributed by atoms with Crippen molar-refractivity contribution >= 4 is 15.9 Å². The molecule has 0 aliphatic rings. The van der Waals surface area contributed by atoms with Gasteiger partial charge in [-0.05, 0) is 57.1 Å². The van der Waals surface area contributed by atoms with E-state index in [4.69, 9.17) is 0 Å². The number of carbonyl (C=O) groups is 1. The van der Waals surface area contributed by atoms with Crippen LogP contribution in [0.2, 0.25) is 0 Å². The lowest BCUT2D eigenvalue weighted by atomic mass is 10.1. The van der Waals surface area contributed by atoms with Crippen LogP contribution in [0.4, 0.5) is 0 Å². The van der Waals surface area contributed by atoms with Gasteiger partial charge in [0, 0.05) is 17.7 Å². The van der Waals surface area contributed by atoms with Gasteiger partial charge in [0.2, 0.25) is 15.9 Å². The summed E-state index contributed by atoms with van der Waals surface area (Å²) in [5, 5.41) is 7.47. The van der Waals surface area contributed by atoms with Crippen molar-refractivity contribution in [3.05, 3.63) is 77.6 Å². The van der Waals surface area contributed by atoms with Crippen LogP contribution in [0.25, 0.3) is 5.69 Å². The van der Waals surface area contributed by atoms with E-state index in [-0.39, 0.29) is 16.8 Å². The highest BCUT2D eigenvalue weighted by Crippen LogP contribution is 2.20. The molecule has 30 heavy (non-hydrogen) atoms. The van der Waals surface area contributed by atoms with Gasteiger partial charge in [0.15, 0.2) is 0 Å². The molecule has 0 spiro atoms. The summed E-state index contributed by atoms with van der Waals surface area (Å²) < 4.78 is 27.7. The fourth-order valence-corrected chi connectivity index (χ4v) is 4.01. The number of nitrogens with one attached hydrogen (secondary N) is 2. The molecular weight excluding hydrogens is 400 g/mol. The fourth-order valence-electron chi connectivity index (χ4n) is 3.28. The minimum absolute atomic E-state index is 0.0683. The normalized spacial score (nSPS) is 12.5. The molecule has 0 aliphatic carbocycles. The molecule has 158 valence electrons. The molecular formula is C22H26N4O3S. The van der Waals surface area contributed by atoms with E-state index in [0.717, 1.165) is 22.5 Å². The minimum atomic E-state index is -3.45. The summed E-state index contributed by atoms with van der Waals surface area (Å²) in [5.74, 6) is -0.0683. The number of sulfonamides is 1. The SMILES string of the molecule is CNS(=O)(=O)c1ccc(CCC(=O)NC(C)c2cnn(-c3ccccc3)c2C)cc1. The maximum atomic E-state index is 12.4. The van der Waals surface area contributed by atoms with Gasteiger partial charge in [-0.15, -0.1) is 0 Å². The number of aryl methyl sites for hydroxylation is 1. The summed E-state index contributed by atoms with van der Waals surface area (Å²) in [5.41, 5.74) is 3.83. The molecule has 0 bridgehead atoms. The molecule has 1 amide bonds. The molecule has 1 aromatic heterocycles. The van der Waals surface area contributed by atoms with Crippen molar-refractivity contribution in [2.24, 2.45) is 0 Å². The van der Waals surface area contributed by atoms with Gasteiger partial charge in [-0.25, -0.2) is 17.8 Å². The number of aromatic nitrogens is 2. The van der Waals surface area contributed by atoms with Crippen LogP contribution in [0.3, 0.4) is 0 Å². The second-order valence-electron chi connectivity index (χ2n) is 7.07. The molecule has 1 atom stereocenters. The van der Waals surface area contributed by atoms with Crippen LogP contribution in [0.5, 0.6) is 0 Å². The second-order valence-corrected chi connectivity index (χ2v) is 8.96. The van der Waals surface area contributed by atoms with Crippen molar-refractivity contribution in [1.29, 1.82) is 0 Å².